The first-order valence-corrected chi connectivity index (χ1v) is 13.3. The summed E-state index contributed by atoms with van der Waals surface area (Å²) in [6.45, 7) is 5.52. The van der Waals surface area contributed by atoms with Crippen LogP contribution in [0.1, 0.15) is 42.4 Å². The molecule has 3 atom stereocenters. The van der Waals surface area contributed by atoms with E-state index in [1.54, 1.807) is 38.4 Å². The predicted octanol–water partition coefficient (Wildman–Crippen LogP) is 1.13. The van der Waals surface area contributed by atoms with E-state index in [4.69, 9.17) is 4.84 Å². The first-order chi connectivity index (χ1) is 17.0. The summed E-state index contributed by atoms with van der Waals surface area (Å²) in [5, 5.41) is 15.2. The summed E-state index contributed by atoms with van der Waals surface area (Å²) in [6, 6.07) is 2.02. The van der Waals surface area contributed by atoms with Crippen molar-refractivity contribution in [2.75, 3.05) is 18.4 Å². The Labute approximate surface area is 210 Å². The highest BCUT2D eigenvalue weighted by Crippen LogP contribution is 2.22. The van der Waals surface area contributed by atoms with E-state index in [1.165, 1.54) is 0 Å². The number of carbonyl (C=O) groups excluding carboxylic acids is 1. The number of hydrogen-bond donors (Lipinski definition) is 6. The van der Waals surface area contributed by atoms with Crippen molar-refractivity contribution in [1.82, 2.24) is 25.5 Å². The van der Waals surface area contributed by atoms with Crippen LogP contribution in [0.15, 0.2) is 29.4 Å². The number of benzene rings is 1. The van der Waals surface area contributed by atoms with Crippen LogP contribution in [0.4, 0.5) is 5.95 Å². The van der Waals surface area contributed by atoms with Crippen LogP contribution in [0, 0.1) is 20.8 Å². The summed E-state index contributed by atoms with van der Waals surface area (Å²) in [7, 11) is -4.11. The van der Waals surface area contributed by atoms with Gasteiger partial charge in [0.25, 0.3) is 0 Å². The highest BCUT2D eigenvalue weighted by Gasteiger charge is 2.30. The lowest BCUT2D eigenvalue weighted by Crippen LogP contribution is -2.48. The van der Waals surface area contributed by atoms with Crippen LogP contribution in [0.5, 0.6) is 0 Å². The van der Waals surface area contributed by atoms with Gasteiger partial charge >= 0.3 is 5.97 Å². The third kappa shape index (κ3) is 7.75. The SMILES string of the molecule is Cc1cc(C)c(S(=O)(=O)NC(CNC(=O)CC2CC(CCCNc3ncc[nH]3)NO2)C(=O)O)c(C)c1. The Morgan fingerprint density at radius 2 is 1.97 bits per heavy atom. The van der Waals surface area contributed by atoms with Gasteiger partial charge in [-0.1, -0.05) is 17.7 Å². The van der Waals surface area contributed by atoms with E-state index in [1.807, 2.05) is 6.92 Å². The molecule has 1 aliphatic rings. The zero-order chi connectivity index (χ0) is 26.3. The zero-order valence-electron chi connectivity index (χ0n) is 20.6. The van der Waals surface area contributed by atoms with Gasteiger partial charge in [-0.25, -0.2) is 13.4 Å². The van der Waals surface area contributed by atoms with Gasteiger partial charge in [0.05, 0.1) is 17.4 Å². The predicted molar refractivity (Wildman–Crippen MR) is 133 cm³/mol. The molecular formula is C23H34N6O6S. The molecule has 1 saturated heterocycles. The number of rotatable bonds is 13. The lowest BCUT2D eigenvalue weighted by molar-refractivity contribution is -0.139. The largest absolute Gasteiger partial charge is 0.480 e. The van der Waals surface area contributed by atoms with Crippen molar-refractivity contribution in [3.05, 3.63) is 41.2 Å². The van der Waals surface area contributed by atoms with Gasteiger partial charge in [-0.05, 0) is 51.2 Å². The van der Waals surface area contributed by atoms with E-state index in [0.717, 1.165) is 24.9 Å². The number of anilines is 1. The van der Waals surface area contributed by atoms with Crippen LogP contribution >= 0.6 is 0 Å². The van der Waals surface area contributed by atoms with Gasteiger partial charge in [-0.15, -0.1) is 0 Å². The molecule has 198 valence electrons. The molecule has 3 rings (SSSR count). The van der Waals surface area contributed by atoms with E-state index in [0.29, 0.717) is 23.5 Å². The molecule has 2 aromatic rings. The Hall–Kier alpha value is -3.00. The average molecular weight is 523 g/mol. The second kappa shape index (κ2) is 12.3. The molecule has 1 aliphatic heterocycles. The van der Waals surface area contributed by atoms with Crippen molar-refractivity contribution in [2.45, 2.75) is 69.5 Å². The second-order valence-electron chi connectivity index (χ2n) is 9.05. The fourth-order valence-electron chi connectivity index (χ4n) is 4.34. The van der Waals surface area contributed by atoms with E-state index in [2.05, 4.69) is 30.8 Å². The molecule has 1 aromatic heterocycles. The van der Waals surface area contributed by atoms with Crippen molar-refractivity contribution in [3.63, 3.8) is 0 Å². The molecule has 13 heteroatoms. The Balaban J connectivity index is 1.44. The van der Waals surface area contributed by atoms with E-state index < -0.39 is 27.9 Å². The minimum absolute atomic E-state index is 0.0312. The second-order valence-corrected chi connectivity index (χ2v) is 10.7. The highest BCUT2D eigenvalue weighted by molar-refractivity contribution is 7.89. The van der Waals surface area contributed by atoms with Gasteiger partial charge in [0.2, 0.25) is 15.9 Å². The number of sulfonamides is 1. The third-order valence-corrected chi connectivity index (χ3v) is 7.63. The van der Waals surface area contributed by atoms with Crippen LogP contribution < -0.4 is 20.8 Å². The van der Waals surface area contributed by atoms with Gasteiger partial charge < -0.3 is 20.7 Å². The van der Waals surface area contributed by atoms with Crippen molar-refractivity contribution >= 4 is 27.8 Å². The number of carboxylic acids is 1. The van der Waals surface area contributed by atoms with E-state index >= 15 is 0 Å². The number of imidazole rings is 1. The molecular weight excluding hydrogens is 488 g/mol. The van der Waals surface area contributed by atoms with Crippen molar-refractivity contribution in [2.24, 2.45) is 0 Å². The maximum Gasteiger partial charge on any atom is 0.323 e. The topological polar surface area (TPSA) is 175 Å². The molecule has 36 heavy (non-hydrogen) atoms. The maximum absolute atomic E-state index is 12.9. The van der Waals surface area contributed by atoms with Crippen LogP contribution in [0.3, 0.4) is 0 Å². The first kappa shape index (κ1) is 27.6. The molecule has 0 spiro atoms. The number of hydrogen-bond acceptors (Lipinski definition) is 8. The van der Waals surface area contributed by atoms with Crippen LogP contribution in [-0.4, -0.2) is 66.6 Å². The third-order valence-electron chi connectivity index (χ3n) is 5.85. The van der Waals surface area contributed by atoms with Crippen LogP contribution in [0.25, 0.3) is 0 Å². The van der Waals surface area contributed by atoms with Crippen LogP contribution in [0.2, 0.25) is 0 Å². The summed E-state index contributed by atoms with van der Waals surface area (Å²) < 4.78 is 28.0. The smallest absolute Gasteiger partial charge is 0.323 e. The average Bonchev–Trinajstić information content (AvgIpc) is 3.45. The summed E-state index contributed by atoms with van der Waals surface area (Å²) in [6.07, 6.45) is 5.44. The lowest BCUT2D eigenvalue weighted by atomic mass is 10.0. The fraction of sp³-hybridized carbons (Fsp3) is 0.522. The molecule has 6 N–H and O–H groups in total. The number of amides is 1. The quantitative estimate of drug-likeness (QED) is 0.211. The van der Waals surface area contributed by atoms with Crippen molar-refractivity contribution in [1.29, 1.82) is 0 Å². The van der Waals surface area contributed by atoms with E-state index in [9.17, 15) is 23.1 Å². The van der Waals surface area contributed by atoms with Gasteiger partial charge in [0, 0.05) is 31.5 Å². The van der Waals surface area contributed by atoms with Crippen LogP contribution in [-0.2, 0) is 24.4 Å². The molecule has 2 heterocycles. The summed E-state index contributed by atoms with van der Waals surface area (Å²) in [5.41, 5.74) is 4.88. The molecule has 12 nitrogen and oxygen atoms in total. The number of aryl methyl sites for hydroxylation is 3. The minimum atomic E-state index is -4.11. The first-order valence-electron chi connectivity index (χ1n) is 11.8. The number of aromatic nitrogens is 2. The molecule has 0 bridgehead atoms. The highest BCUT2D eigenvalue weighted by atomic mass is 32.2. The number of nitrogens with one attached hydrogen (secondary N) is 5. The minimum Gasteiger partial charge on any atom is -0.480 e. The Kier molecular flexibility index (Phi) is 9.43. The number of hydroxylamine groups is 1. The Morgan fingerprint density at radius 1 is 1.25 bits per heavy atom. The number of nitrogens with zero attached hydrogens (tertiary/aromatic N) is 1. The monoisotopic (exact) mass is 522 g/mol. The van der Waals surface area contributed by atoms with Gasteiger partial charge in [0.15, 0.2) is 5.95 Å². The zero-order valence-corrected chi connectivity index (χ0v) is 21.4. The number of aliphatic carboxylic acids is 1. The standard InChI is InChI=1S/C23H34N6O6S/c1-14-9-15(2)21(16(3)10-14)36(33,34)29-19(22(31)32)13-27-20(30)12-18-11-17(28-35-18)5-4-6-24-23-25-7-8-26-23/h7-10,17-19,28-29H,4-6,11-13H2,1-3H3,(H,27,30)(H,31,32)(H2,24,25,26). The summed E-state index contributed by atoms with van der Waals surface area (Å²) in [5.74, 6) is -1.09. The van der Waals surface area contributed by atoms with Crippen molar-refractivity contribution < 1.29 is 28.0 Å². The van der Waals surface area contributed by atoms with Gasteiger partial charge in [-0.2, -0.15) is 10.2 Å². The number of carboxylic acid groups (broad SMARTS) is 1. The number of H-pyrrole nitrogens is 1. The Bertz CT molecular complexity index is 1130. The van der Waals surface area contributed by atoms with E-state index in [-0.39, 0.29) is 30.0 Å². The Morgan fingerprint density at radius 3 is 2.61 bits per heavy atom. The van der Waals surface area contributed by atoms with Crippen molar-refractivity contribution in [3.8, 4) is 0 Å². The van der Waals surface area contributed by atoms with Gasteiger partial charge in [0.1, 0.15) is 6.04 Å². The fourth-order valence-corrected chi connectivity index (χ4v) is 5.98. The number of carbonyl (C=O) groups is 2. The molecule has 1 amide bonds. The molecule has 1 aromatic carbocycles. The molecule has 0 saturated carbocycles. The lowest BCUT2D eigenvalue weighted by Gasteiger charge is -2.18. The normalized spacial score (nSPS) is 18.6. The molecule has 3 unspecified atom stereocenters. The van der Waals surface area contributed by atoms with Gasteiger partial charge in [-0.3, -0.25) is 14.4 Å². The molecule has 0 radical (unpaired) electrons. The molecule has 0 aliphatic carbocycles. The molecule has 1 fully saturated rings. The maximum atomic E-state index is 12.9. The summed E-state index contributed by atoms with van der Waals surface area (Å²) in [4.78, 5) is 36.7. The summed E-state index contributed by atoms with van der Waals surface area (Å²) >= 11 is 0. The number of aromatic amines is 1.